The minimum Gasteiger partial charge on any atom is -0.477 e. The molecule has 0 aliphatic heterocycles. The summed E-state index contributed by atoms with van der Waals surface area (Å²) in [5.41, 5.74) is 0.806. The highest BCUT2D eigenvalue weighted by Crippen LogP contribution is 2.30. The van der Waals surface area contributed by atoms with Crippen LogP contribution >= 0.6 is 23.1 Å². The number of aromatic carboxylic acids is 1. The Balaban J connectivity index is 2.06. The van der Waals surface area contributed by atoms with Crippen LogP contribution in [0.2, 0.25) is 0 Å². The van der Waals surface area contributed by atoms with E-state index in [4.69, 9.17) is 5.11 Å². The molecule has 1 aromatic heterocycles. The third-order valence-corrected chi connectivity index (χ3v) is 5.10. The Labute approximate surface area is 135 Å². The molecule has 1 aromatic carbocycles. The Morgan fingerprint density at radius 1 is 1.23 bits per heavy atom. The Morgan fingerprint density at radius 2 is 1.91 bits per heavy atom. The highest BCUT2D eigenvalue weighted by molar-refractivity contribution is 8.00. The van der Waals surface area contributed by atoms with Gasteiger partial charge in [-0.15, -0.1) is 23.1 Å². The number of carbonyl (C=O) groups is 3. The van der Waals surface area contributed by atoms with E-state index in [2.05, 4.69) is 5.32 Å². The average Bonchev–Trinajstić information content (AvgIpc) is 2.97. The van der Waals surface area contributed by atoms with Crippen molar-refractivity contribution >= 4 is 40.8 Å². The van der Waals surface area contributed by atoms with Crippen molar-refractivity contribution < 1.29 is 19.5 Å². The van der Waals surface area contributed by atoms with Crippen LogP contribution in [0.4, 0.5) is 0 Å². The number of carbonyl (C=O) groups excluding carboxylic acids is 2. The maximum absolute atomic E-state index is 12.1. The van der Waals surface area contributed by atoms with Gasteiger partial charge < -0.3 is 10.4 Å². The number of thioether (sulfide) groups is 1. The van der Waals surface area contributed by atoms with Gasteiger partial charge in [-0.3, -0.25) is 9.59 Å². The van der Waals surface area contributed by atoms with Crippen LogP contribution < -0.4 is 5.32 Å². The van der Waals surface area contributed by atoms with Gasteiger partial charge in [-0.2, -0.15) is 0 Å². The quantitative estimate of drug-likeness (QED) is 0.626. The molecule has 2 rings (SSSR count). The molecule has 5 nitrogen and oxygen atoms in total. The van der Waals surface area contributed by atoms with E-state index < -0.39 is 11.9 Å². The lowest BCUT2D eigenvalue weighted by atomic mass is 10.1. The number of nitrogens with one attached hydrogen (secondary N) is 1. The molecule has 22 heavy (non-hydrogen) atoms. The molecule has 2 N–H and O–H groups in total. The normalized spacial score (nSPS) is 10.2. The molecule has 2 aromatic rings. The number of thiophene rings is 1. The smallest absolute Gasteiger partial charge is 0.345 e. The number of hydrogen-bond acceptors (Lipinski definition) is 5. The van der Waals surface area contributed by atoms with Crippen LogP contribution in [0.15, 0.2) is 40.6 Å². The zero-order valence-corrected chi connectivity index (χ0v) is 13.3. The molecule has 0 radical (unpaired) electrons. The molecular formula is C15H13NO4S2. The zero-order chi connectivity index (χ0) is 16.1. The van der Waals surface area contributed by atoms with E-state index in [1.54, 1.807) is 36.6 Å². The highest BCUT2D eigenvalue weighted by atomic mass is 32.2. The fourth-order valence-corrected chi connectivity index (χ4v) is 3.47. The van der Waals surface area contributed by atoms with Crippen molar-refractivity contribution in [1.82, 2.24) is 5.32 Å². The molecule has 0 saturated heterocycles. The molecule has 1 amide bonds. The van der Waals surface area contributed by atoms with Crippen LogP contribution in [0, 0.1) is 0 Å². The summed E-state index contributed by atoms with van der Waals surface area (Å²) in [6, 6.07) is 9.99. The maximum Gasteiger partial charge on any atom is 0.345 e. The van der Waals surface area contributed by atoms with E-state index in [0.29, 0.717) is 9.77 Å². The molecule has 114 valence electrons. The van der Waals surface area contributed by atoms with E-state index in [0.717, 1.165) is 11.3 Å². The molecule has 1 heterocycles. The van der Waals surface area contributed by atoms with Crippen molar-refractivity contribution in [3.05, 3.63) is 52.4 Å². The van der Waals surface area contributed by atoms with Gasteiger partial charge in [0.2, 0.25) is 0 Å². The first-order valence-electron chi connectivity index (χ1n) is 6.30. The summed E-state index contributed by atoms with van der Waals surface area (Å²) in [6.07, 6.45) is 1.77. The summed E-state index contributed by atoms with van der Waals surface area (Å²) in [6.45, 7) is -0.130. The Morgan fingerprint density at radius 3 is 2.50 bits per heavy atom. The average molecular weight is 335 g/mol. The number of carboxylic acid groups (broad SMARTS) is 1. The van der Waals surface area contributed by atoms with Crippen LogP contribution in [-0.4, -0.2) is 35.6 Å². The fraction of sp³-hybridized carbons (Fsp3) is 0.133. The van der Waals surface area contributed by atoms with E-state index in [9.17, 15) is 14.4 Å². The molecular weight excluding hydrogens is 322 g/mol. The molecule has 0 unspecified atom stereocenters. The van der Waals surface area contributed by atoms with E-state index in [-0.39, 0.29) is 22.8 Å². The largest absolute Gasteiger partial charge is 0.477 e. The maximum atomic E-state index is 12.1. The predicted octanol–water partition coefficient (Wildman–Crippen LogP) is 2.78. The number of hydrogen-bond donors (Lipinski definition) is 2. The van der Waals surface area contributed by atoms with Gasteiger partial charge in [-0.25, -0.2) is 4.79 Å². The van der Waals surface area contributed by atoms with Gasteiger partial charge >= 0.3 is 5.97 Å². The first-order chi connectivity index (χ1) is 10.5. The lowest BCUT2D eigenvalue weighted by Crippen LogP contribution is -2.29. The minimum absolute atomic E-state index is 0.101. The summed E-state index contributed by atoms with van der Waals surface area (Å²) >= 11 is 2.35. The molecule has 0 bridgehead atoms. The first kappa shape index (κ1) is 16.3. The number of ketones is 1. The van der Waals surface area contributed by atoms with Crippen molar-refractivity contribution in [3.63, 3.8) is 0 Å². The van der Waals surface area contributed by atoms with Gasteiger partial charge in [-0.1, -0.05) is 30.3 Å². The monoisotopic (exact) mass is 335 g/mol. The second-order valence-electron chi connectivity index (χ2n) is 4.29. The Hall–Kier alpha value is -2.12. The number of amides is 1. The summed E-state index contributed by atoms with van der Waals surface area (Å²) in [4.78, 5) is 35.1. The van der Waals surface area contributed by atoms with E-state index in [1.165, 1.54) is 17.8 Å². The number of benzene rings is 1. The van der Waals surface area contributed by atoms with Crippen LogP contribution in [0.25, 0.3) is 0 Å². The Kier molecular flexibility index (Phi) is 5.35. The second kappa shape index (κ2) is 7.24. The highest BCUT2D eigenvalue weighted by Gasteiger charge is 2.19. The second-order valence-corrected chi connectivity index (χ2v) is 6.42. The first-order valence-corrected chi connectivity index (χ1v) is 8.34. The lowest BCUT2D eigenvalue weighted by Gasteiger charge is -2.04. The van der Waals surface area contributed by atoms with E-state index >= 15 is 0 Å². The van der Waals surface area contributed by atoms with Crippen LogP contribution in [-0.2, 0) is 0 Å². The summed E-state index contributed by atoms with van der Waals surface area (Å²) < 4.78 is 0.613. The molecule has 7 heteroatoms. The van der Waals surface area contributed by atoms with Crippen LogP contribution in [0.5, 0.6) is 0 Å². The van der Waals surface area contributed by atoms with Crippen molar-refractivity contribution in [3.8, 4) is 0 Å². The van der Waals surface area contributed by atoms with Crippen molar-refractivity contribution in [2.45, 2.75) is 4.21 Å². The number of Topliss-reactive ketones (excluding diaryl/α,β-unsaturated/α-hetero) is 1. The fourth-order valence-electron chi connectivity index (χ4n) is 1.77. The summed E-state index contributed by atoms with van der Waals surface area (Å²) in [5, 5.41) is 11.5. The minimum atomic E-state index is -1.07. The molecule has 0 spiro atoms. The van der Waals surface area contributed by atoms with E-state index in [1.807, 2.05) is 0 Å². The van der Waals surface area contributed by atoms with Gasteiger partial charge in [0.1, 0.15) is 4.88 Å². The van der Waals surface area contributed by atoms with Crippen molar-refractivity contribution in [1.29, 1.82) is 0 Å². The lowest BCUT2D eigenvalue weighted by molar-refractivity contribution is 0.0702. The standard InChI is InChI=1S/C15H13NO4S2/c1-21-15-10(7-12(22-15)14(19)20)13(18)16-8-11(17)9-5-3-2-4-6-9/h2-7H,8H2,1H3,(H,16,18)(H,19,20). The summed E-state index contributed by atoms with van der Waals surface area (Å²) in [7, 11) is 0. The molecule has 0 fully saturated rings. The van der Waals surface area contributed by atoms with Crippen LogP contribution in [0.3, 0.4) is 0 Å². The third kappa shape index (κ3) is 3.75. The Bertz CT molecular complexity index is 710. The molecule has 0 saturated carbocycles. The summed E-state index contributed by atoms with van der Waals surface area (Å²) in [5.74, 6) is -1.72. The van der Waals surface area contributed by atoms with Gasteiger partial charge in [0.05, 0.1) is 16.3 Å². The van der Waals surface area contributed by atoms with Crippen molar-refractivity contribution in [2.75, 3.05) is 12.8 Å². The number of carboxylic acids is 1. The van der Waals surface area contributed by atoms with Gasteiger partial charge in [0.15, 0.2) is 5.78 Å². The van der Waals surface area contributed by atoms with Gasteiger partial charge in [0, 0.05) is 5.56 Å². The molecule has 0 aliphatic carbocycles. The molecule has 0 atom stereocenters. The predicted molar refractivity (Wildman–Crippen MR) is 86.2 cm³/mol. The van der Waals surface area contributed by atoms with Crippen molar-refractivity contribution in [2.24, 2.45) is 0 Å². The molecule has 0 aliphatic rings. The van der Waals surface area contributed by atoms with Crippen LogP contribution in [0.1, 0.15) is 30.4 Å². The van der Waals surface area contributed by atoms with Gasteiger partial charge in [-0.05, 0) is 12.3 Å². The third-order valence-electron chi connectivity index (χ3n) is 2.84. The number of rotatable bonds is 6. The SMILES string of the molecule is CSc1sc(C(=O)O)cc1C(=O)NCC(=O)c1ccccc1. The topological polar surface area (TPSA) is 83.5 Å². The zero-order valence-electron chi connectivity index (χ0n) is 11.7. The van der Waals surface area contributed by atoms with Gasteiger partial charge in [0.25, 0.3) is 5.91 Å².